The van der Waals surface area contributed by atoms with E-state index in [1.807, 2.05) is 0 Å². The third-order valence-corrected chi connectivity index (χ3v) is 3.83. The van der Waals surface area contributed by atoms with E-state index in [0.717, 1.165) is 0 Å². The topological polar surface area (TPSA) is 130 Å². The largest absolute Gasteiger partial charge is 0.368 e. The molecule has 0 aromatic rings. The molecule has 0 aliphatic rings. The van der Waals surface area contributed by atoms with Crippen molar-refractivity contribution in [3.8, 4) is 0 Å². The number of carbonyl (C=O) groups excluding carboxylic acids is 4. The van der Waals surface area contributed by atoms with Crippen LogP contribution in [0.2, 0.25) is 0 Å². The highest BCUT2D eigenvalue weighted by molar-refractivity contribution is 8.00. The zero-order chi connectivity index (χ0) is 17.1. The molecule has 0 aromatic heterocycles. The standard InChI is InChI=1S/C12H22N4O4S2/c1-7(22-6-15-8(2)17)12(20)14-5-10(18)16-9(3-4-21)11(13)19/h7,9,21H,3-6H2,1-2H3,(H2,13,19)(H,14,20)(H,15,17)(H,16,18)/t7-,9-/m0/s1. The monoisotopic (exact) mass is 350 g/mol. The van der Waals surface area contributed by atoms with Gasteiger partial charge in [-0.1, -0.05) is 0 Å². The summed E-state index contributed by atoms with van der Waals surface area (Å²) >= 11 is 5.21. The van der Waals surface area contributed by atoms with E-state index in [0.29, 0.717) is 18.1 Å². The first-order valence-corrected chi connectivity index (χ1v) is 8.29. The number of thiol groups is 1. The van der Waals surface area contributed by atoms with E-state index in [2.05, 4.69) is 28.6 Å². The van der Waals surface area contributed by atoms with Gasteiger partial charge in [0.1, 0.15) is 6.04 Å². The maximum absolute atomic E-state index is 11.7. The van der Waals surface area contributed by atoms with Gasteiger partial charge in [0, 0.05) is 6.92 Å². The predicted molar refractivity (Wildman–Crippen MR) is 88.3 cm³/mol. The van der Waals surface area contributed by atoms with Crippen LogP contribution in [0.5, 0.6) is 0 Å². The molecule has 0 heterocycles. The van der Waals surface area contributed by atoms with Crippen LogP contribution in [0.25, 0.3) is 0 Å². The number of hydrogen-bond acceptors (Lipinski definition) is 6. The summed E-state index contributed by atoms with van der Waals surface area (Å²) in [6, 6.07) is -0.798. The lowest BCUT2D eigenvalue weighted by molar-refractivity contribution is -0.128. The van der Waals surface area contributed by atoms with Gasteiger partial charge in [0.25, 0.3) is 0 Å². The lowest BCUT2D eigenvalue weighted by Gasteiger charge is -2.15. The van der Waals surface area contributed by atoms with E-state index < -0.39 is 23.1 Å². The van der Waals surface area contributed by atoms with Crippen molar-refractivity contribution in [2.45, 2.75) is 31.6 Å². The lowest BCUT2D eigenvalue weighted by Crippen LogP contribution is -2.48. The van der Waals surface area contributed by atoms with Crippen LogP contribution in [0.3, 0.4) is 0 Å². The Morgan fingerprint density at radius 1 is 1.23 bits per heavy atom. The average Bonchev–Trinajstić information content (AvgIpc) is 2.43. The number of nitrogens with one attached hydrogen (secondary N) is 3. The smallest absolute Gasteiger partial charge is 0.240 e. The van der Waals surface area contributed by atoms with Crippen LogP contribution in [0.15, 0.2) is 0 Å². The third-order valence-electron chi connectivity index (χ3n) is 2.54. The van der Waals surface area contributed by atoms with Gasteiger partial charge in [-0.2, -0.15) is 12.6 Å². The molecule has 0 radical (unpaired) electrons. The Labute approximate surface area is 139 Å². The summed E-state index contributed by atoms with van der Waals surface area (Å²) in [5.74, 6) is -0.957. The Morgan fingerprint density at radius 3 is 2.36 bits per heavy atom. The highest BCUT2D eigenvalue weighted by Crippen LogP contribution is 2.08. The molecule has 0 aromatic carbocycles. The SMILES string of the molecule is CC(=O)NCS[C@@H](C)C(=O)NCC(=O)N[C@@H](CCS)C(N)=O. The second-order valence-electron chi connectivity index (χ2n) is 4.44. The van der Waals surface area contributed by atoms with Gasteiger partial charge >= 0.3 is 0 Å². The van der Waals surface area contributed by atoms with Crippen LogP contribution in [0.1, 0.15) is 20.3 Å². The van der Waals surface area contributed by atoms with Crippen molar-refractivity contribution < 1.29 is 19.2 Å². The summed E-state index contributed by atoms with van der Waals surface area (Å²) in [4.78, 5) is 45.2. The quantitative estimate of drug-likeness (QED) is 0.245. The maximum atomic E-state index is 11.7. The zero-order valence-electron chi connectivity index (χ0n) is 12.5. The average molecular weight is 350 g/mol. The number of amides is 4. The number of rotatable bonds is 10. The minimum atomic E-state index is -0.798. The molecule has 2 atom stereocenters. The highest BCUT2D eigenvalue weighted by Gasteiger charge is 2.18. The first kappa shape index (κ1) is 20.6. The van der Waals surface area contributed by atoms with Crippen molar-refractivity contribution in [1.29, 1.82) is 0 Å². The number of hydrogen-bond donors (Lipinski definition) is 5. The van der Waals surface area contributed by atoms with Crippen LogP contribution in [-0.4, -0.2) is 53.1 Å². The molecule has 126 valence electrons. The van der Waals surface area contributed by atoms with Crippen LogP contribution >= 0.6 is 24.4 Å². The summed E-state index contributed by atoms with van der Waals surface area (Å²) in [6.07, 6.45) is 0.321. The number of thioether (sulfide) groups is 1. The fraction of sp³-hybridized carbons (Fsp3) is 0.667. The van der Waals surface area contributed by atoms with Gasteiger partial charge in [-0.05, 0) is 19.1 Å². The fourth-order valence-electron chi connectivity index (χ4n) is 1.32. The molecule has 0 fully saturated rings. The first-order valence-electron chi connectivity index (χ1n) is 6.61. The molecule has 0 aliphatic carbocycles. The molecule has 10 heteroatoms. The van der Waals surface area contributed by atoms with Crippen molar-refractivity contribution in [2.75, 3.05) is 18.2 Å². The van der Waals surface area contributed by atoms with Gasteiger partial charge in [0.15, 0.2) is 0 Å². The van der Waals surface area contributed by atoms with Crippen molar-refractivity contribution in [1.82, 2.24) is 16.0 Å². The molecule has 0 bridgehead atoms. The van der Waals surface area contributed by atoms with E-state index in [4.69, 9.17) is 5.73 Å². The predicted octanol–water partition coefficient (Wildman–Crippen LogP) is -1.39. The molecule has 5 N–H and O–H groups in total. The van der Waals surface area contributed by atoms with Crippen molar-refractivity contribution in [3.63, 3.8) is 0 Å². The molecule has 8 nitrogen and oxygen atoms in total. The van der Waals surface area contributed by atoms with Gasteiger partial charge < -0.3 is 21.7 Å². The molecule has 0 saturated carbocycles. The summed E-state index contributed by atoms with van der Waals surface area (Å²) < 4.78 is 0. The molecule has 0 saturated heterocycles. The third kappa shape index (κ3) is 9.50. The first-order chi connectivity index (χ1) is 10.3. The molecule has 0 unspecified atom stereocenters. The Hall–Kier alpha value is -1.42. The van der Waals surface area contributed by atoms with Crippen molar-refractivity contribution >= 4 is 48.0 Å². The van der Waals surface area contributed by atoms with E-state index in [-0.39, 0.29) is 18.4 Å². The Balaban J connectivity index is 4.09. The Bertz CT molecular complexity index is 420. The molecule has 0 aliphatic heterocycles. The molecule has 0 rings (SSSR count). The summed E-state index contributed by atoms with van der Waals surface area (Å²) in [5.41, 5.74) is 5.14. The summed E-state index contributed by atoms with van der Waals surface area (Å²) in [6.45, 7) is 2.79. The maximum Gasteiger partial charge on any atom is 0.240 e. The van der Waals surface area contributed by atoms with Crippen LogP contribution in [0, 0.1) is 0 Å². The second-order valence-corrected chi connectivity index (χ2v) is 6.22. The molecule has 4 amide bonds. The van der Waals surface area contributed by atoms with E-state index in [9.17, 15) is 19.2 Å². The minimum Gasteiger partial charge on any atom is -0.368 e. The van der Waals surface area contributed by atoms with Crippen LogP contribution < -0.4 is 21.7 Å². The second kappa shape index (κ2) is 11.2. The summed E-state index contributed by atoms with van der Waals surface area (Å²) in [7, 11) is 0. The van der Waals surface area contributed by atoms with E-state index >= 15 is 0 Å². The van der Waals surface area contributed by atoms with Crippen LogP contribution in [0.4, 0.5) is 0 Å². The number of primary amides is 1. The Kier molecular flexibility index (Phi) is 10.5. The molecular weight excluding hydrogens is 328 g/mol. The summed E-state index contributed by atoms with van der Waals surface area (Å²) in [5, 5.41) is 7.01. The number of nitrogens with two attached hydrogens (primary N) is 1. The lowest BCUT2D eigenvalue weighted by atomic mass is 10.2. The van der Waals surface area contributed by atoms with Crippen molar-refractivity contribution in [2.24, 2.45) is 5.73 Å². The molecule has 22 heavy (non-hydrogen) atoms. The van der Waals surface area contributed by atoms with Gasteiger partial charge in [0.2, 0.25) is 23.6 Å². The van der Waals surface area contributed by atoms with Gasteiger partial charge in [-0.15, -0.1) is 11.8 Å². The van der Waals surface area contributed by atoms with Crippen LogP contribution in [-0.2, 0) is 19.2 Å². The molecular formula is C12H22N4O4S2. The normalized spacial score (nSPS) is 12.9. The van der Waals surface area contributed by atoms with Gasteiger partial charge in [-0.3, -0.25) is 19.2 Å². The van der Waals surface area contributed by atoms with Gasteiger partial charge in [-0.25, -0.2) is 0 Å². The van der Waals surface area contributed by atoms with Gasteiger partial charge in [0.05, 0.1) is 17.7 Å². The Morgan fingerprint density at radius 2 is 1.86 bits per heavy atom. The van der Waals surface area contributed by atoms with Crippen molar-refractivity contribution in [3.05, 3.63) is 0 Å². The number of carbonyl (C=O) groups is 4. The zero-order valence-corrected chi connectivity index (χ0v) is 14.3. The van der Waals surface area contributed by atoms with E-state index in [1.165, 1.54) is 18.7 Å². The highest BCUT2D eigenvalue weighted by atomic mass is 32.2. The minimum absolute atomic E-state index is 0.179. The molecule has 0 spiro atoms. The van der Waals surface area contributed by atoms with E-state index in [1.54, 1.807) is 6.92 Å². The fourth-order valence-corrected chi connectivity index (χ4v) is 2.34.